The molecule has 9 heteroatoms. The fraction of sp³-hybridized carbons (Fsp3) is 0.143. The molecular formula is C14H11F3O4S2. The van der Waals surface area contributed by atoms with Crippen molar-refractivity contribution in [2.24, 2.45) is 0 Å². The number of para-hydroxylation sites is 1. The summed E-state index contributed by atoms with van der Waals surface area (Å²) in [5, 5.41) is 0. The molecule has 0 fully saturated rings. The van der Waals surface area contributed by atoms with E-state index in [2.05, 4.69) is 19.1 Å². The van der Waals surface area contributed by atoms with Crippen molar-refractivity contribution in [1.29, 1.82) is 0 Å². The molecule has 23 heavy (non-hydrogen) atoms. The van der Waals surface area contributed by atoms with Crippen LogP contribution in [0.25, 0.3) is 0 Å². The summed E-state index contributed by atoms with van der Waals surface area (Å²) in [7, 11) is -5.84. The molecule has 0 aliphatic carbocycles. The molecule has 0 amide bonds. The van der Waals surface area contributed by atoms with Gasteiger partial charge in [0.2, 0.25) is 0 Å². The zero-order chi connectivity index (χ0) is 17.3. The van der Waals surface area contributed by atoms with Crippen LogP contribution in [0.15, 0.2) is 52.3 Å². The number of ether oxygens (including phenoxy) is 1. The minimum atomic E-state index is -5.84. The van der Waals surface area contributed by atoms with Gasteiger partial charge in [-0.25, -0.2) is 0 Å². The van der Waals surface area contributed by atoms with Crippen molar-refractivity contribution in [3.8, 4) is 11.5 Å². The first kappa shape index (κ1) is 17.6. The Morgan fingerprint density at radius 2 is 1.61 bits per heavy atom. The molecule has 1 heterocycles. The molecule has 2 aromatic carbocycles. The second-order valence-corrected chi connectivity index (χ2v) is 6.94. The third-order valence-electron chi connectivity index (χ3n) is 2.75. The number of hydrogen-bond donors (Lipinski definition) is 1. The Kier molecular flexibility index (Phi) is 4.92. The molecule has 1 aliphatic heterocycles. The summed E-state index contributed by atoms with van der Waals surface area (Å²) in [4.78, 5) is 2.43. The van der Waals surface area contributed by atoms with Gasteiger partial charge in [-0.1, -0.05) is 36.0 Å². The monoisotopic (exact) mass is 364 g/mol. The molecule has 0 saturated carbocycles. The molecule has 3 rings (SSSR count). The minimum Gasteiger partial charge on any atom is -0.455 e. The lowest BCUT2D eigenvalue weighted by Gasteiger charge is -2.20. The maximum Gasteiger partial charge on any atom is 0.522 e. The van der Waals surface area contributed by atoms with Crippen molar-refractivity contribution < 1.29 is 30.9 Å². The molecule has 0 unspecified atom stereocenters. The maximum absolute atomic E-state index is 10.7. The smallest absolute Gasteiger partial charge is 0.455 e. The highest BCUT2D eigenvalue weighted by Gasteiger charge is 2.44. The van der Waals surface area contributed by atoms with Crippen LogP contribution in [0, 0.1) is 6.92 Å². The van der Waals surface area contributed by atoms with Gasteiger partial charge in [-0.2, -0.15) is 21.6 Å². The number of hydrogen-bond acceptors (Lipinski definition) is 4. The van der Waals surface area contributed by atoms with Gasteiger partial charge in [-0.15, -0.1) is 0 Å². The van der Waals surface area contributed by atoms with E-state index in [1.165, 1.54) is 15.4 Å². The van der Waals surface area contributed by atoms with Crippen LogP contribution in [0.2, 0.25) is 0 Å². The number of aryl methyl sites for hydroxylation is 1. The zero-order valence-corrected chi connectivity index (χ0v) is 13.3. The van der Waals surface area contributed by atoms with Crippen molar-refractivity contribution in [3.63, 3.8) is 0 Å². The van der Waals surface area contributed by atoms with Crippen molar-refractivity contribution >= 4 is 21.9 Å². The Labute approximate surface area is 135 Å². The van der Waals surface area contributed by atoms with E-state index in [4.69, 9.17) is 17.7 Å². The molecule has 0 bridgehead atoms. The van der Waals surface area contributed by atoms with Gasteiger partial charge in [-0.3, -0.25) is 4.55 Å². The molecule has 0 aromatic heterocycles. The zero-order valence-electron chi connectivity index (χ0n) is 11.7. The second-order valence-electron chi connectivity index (χ2n) is 4.47. The first-order valence-corrected chi connectivity index (χ1v) is 8.43. The molecule has 4 nitrogen and oxygen atoms in total. The van der Waals surface area contributed by atoms with E-state index < -0.39 is 15.6 Å². The number of benzene rings is 2. The third kappa shape index (κ3) is 4.18. The van der Waals surface area contributed by atoms with Crippen molar-refractivity contribution in [2.45, 2.75) is 22.2 Å². The van der Waals surface area contributed by atoms with Crippen LogP contribution >= 0.6 is 11.8 Å². The fourth-order valence-corrected chi connectivity index (χ4v) is 2.70. The molecule has 2 aromatic rings. The Morgan fingerprint density at radius 1 is 1.04 bits per heavy atom. The van der Waals surface area contributed by atoms with Gasteiger partial charge in [0.25, 0.3) is 0 Å². The molecular weight excluding hydrogens is 353 g/mol. The maximum atomic E-state index is 10.7. The number of alkyl halides is 3. The van der Waals surface area contributed by atoms with Gasteiger partial charge in [-0.05, 0) is 30.7 Å². The van der Waals surface area contributed by atoms with Crippen LogP contribution in [-0.4, -0.2) is 18.5 Å². The second kappa shape index (κ2) is 6.42. The summed E-state index contributed by atoms with van der Waals surface area (Å²) >= 11 is 1.78. The van der Waals surface area contributed by atoms with Crippen LogP contribution in [0.4, 0.5) is 13.2 Å². The average molecular weight is 364 g/mol. The lowest BCUT2D eigenvalue weighted by atomic mass is 10.2. The Bertz CT molecular complexity index is 817. The highest BCUT2D eigenvalue weighted by atomic mass is 32.2. The first-order chi connectivity index (χ1) is 10.6. The minimum absolute atomic E-state index is 0.959. The van der Waals surface area contributed by atoms with Crippen LogP contribution in [0.5, 0.6) is 11.5 Å². The predicted molar refractivity (Wildman–Crippen MR) is 79.4 cm³/mol. The lowest BCUT2D eigenvalue weighted by Crippen LogP contribution is -2.21. The molecule has 0 radical (unpaired) electrons. The van der Waals surface area contributed by atoms with Gasteiger partial charge in [0.05, 0.1) is 9.79 Å². The molecule has 0 saturated heterocycles. The van der Waals surface area contributed by atoms with E-state index in [0.29, 0.717) is 0 Å². The molecule has 1 aliphatic rings. The van der Waals surface area contributed by atoms with Gasteiger partial charge < -0.3 is 4.74 Å². The largest absolute Gasteiger partial charge is 0.522 e. The third-order valence-corrected chi connectivity index (χ3v) is 4.62. The van der Waals surface area contributed by atoms with Gasteiger partial charge >= 0.3 is 15.6 Å². The predicted octanol–water partition coefficient (Wildman–Crippen LogP) is 4.65. The highest BCUT2D eigenvalue weighted by Crippen LogP contribution is 2.47. The van der Waals surface area contributed by atoms with Crippen molar-refractivity contribution in [3.05, 3.63) is 48.0 Å². The fourth-order valence-electron chi connectivity index (χ4n) is 1.68. The average Bonchev–Trinajstić information content (AvgIpc) is 2.44. The highest BCUT2D eigenvalue weighted by molar-refractivity contribution is 7.99. The molecule has 124 valence electrons. The summed E-state index contributed by atoms with van der Waals surface area (Å²) in [6.45, 7) is 2.11. The van der Waals surface area contributed by atoms with Crippen molar-refractivity contribution in [1.82, 2.24) is 0 Å². The van der Waals surface area contributed by atoms with Crippen molar-refractivity contribution in [2.75, 3.05) is 0 Å². The summed E-state index contributed by atoms with van der Waals surface area (Å²) in [5.74, 6) is 1.93. The summed E-state index contributed by atoms with van der Waals surface area (Å²) in [6.07, 6.45) is 0. The Hall–Kier alpha value is -1.71. The van der Waals surface area contributed by atoms with E-state index in [9.17, 15) is 13.2 Å². The van der Waals surface area contributed by atoms with E-state index in [0.717, 1.165) is 11.5 Å². The van der Waals surface area contributed by atoms with E-state index >= 15 is 0 Å². The Balaban J connectivity index is 0.000000207. The number of fused-ring (bicyclic) bond motifs is 2. The first-order valence-electron chi connectivity index (χ1n) is 6.17. The van der Waals surface area contributed by atoms with Gasteiger partial charge in [0.15, 0.2) is 0 Å². The summed E-state index contributed by atoms with van der Waals surface area (Å²) < 4.78 is 63.4. The number of rotatable bonds is 0. The van der Waals surface area contributed by atoms with E-state index in [1.807, 2.05) is 30.3 Å². The summed E-state index contributed by atoms with van der Waals surface area (Å²) in [6, 6.07) is 14.3. The van der Waals surface area contributed by atoms with Gasteiger partial charge in [0.1, 0.15) is 11.5 Å². The van der Waals surface area contributed by atoms with Crippen LogP contribution in [-0.2, 0) is 10.1 Å². The lowest BCUT2D eigenvalue weighted by molar-refractivity contribution is -0.0510. The van der Waals surface area contributed by atoms with Crippen LogP contribution in [0.3, 0.4) is 0 Å². The van der Waals surface area contributed by atoms with Gasteiger partial charge in [0, 0.05) is 0 Å². The normalized spacial score (nSPS) is 13.1. The van der Waals surface area contributed by atoms with Crippen LogP contribution < -0.4 is 4.74 Å². The number of halogens is 3. The molecule has 1 N–H and O–H groups in total. The van der Waals surface area contributed by atoms with E-state index in [-0.39, 0.29) is 0 Å². The standard InChI is InChI=1S/C13H10OS.CHF3O3S/c1-9-5-4-7-11-13(9)15-12-8-3-2-6-10(12)14-11;2-1(3,4)8(5,6)7/h2-8H,1H3;(H,5,6,7). The summed E-state index contributed by atoms with van der Waals surface area (Å²) in [5.41, 5.74) is -4.26. The Morgan fingerprint density at radius 3 is 2.22 bits per heavy atom. The molecule has 0 atom stereocenters. The van der Waals surface area contributed by atoms with E-state index in [1.54, 1.807) is 11.8 Å². The SMILES string of the molecule is Cc1cccc2c1Sc1ccccc1O2.O=S(=O)(O)C(F)(F)F. The molecule has 0 spiro atoms. The van der Waals surface area contributed by atoms with Crippen LogP contribution in [0.1, 0.15) is 5.56 Å². The topological polar surface area (TPSA) is 63.6 Å². The quantitative estimate of drug-likeness (QED) is 0.465.